The van der Waals surface area contributed by atoms with Crippen molar-refractivity contribution in [3.05, 3.63) is 34.1 Å². The second-order valence-electron chi connectivity index (χ2n) is 4.12. The van der Waals surface area contributed by atoms with E-state index in [1.165, 1.54) is 6.07 Å². The van der Waals surface area contributed by atoms with E-state index in [0.717, 1.165) is 6.26 Å². The summed E-state index contributed by atoms with van der Waals surface area (Å²) < 4.78 is 36.3. The van der Waals surface area contributed by atoms with Crippen LogP contribution in [0.2, 0.25) is 0 Å². The van der Waals surface area contributed by atoms with Gasteiger partial charge in [0.1, 0.15) is 5.82 Å². The molecule has 6 heteroatoms. The molecular formula is C11H15BrFNO2S. The summed E-state index contributed by atoms with van der Waals surface area (Å²) in [5, 5.41) is -0.655. The number of nitrogens with two attached hydrogens (primary N) is 1. The maximum absolute atomic E-state index is 13.3. The first-order valence-electron chi connectivity index (χ1n) is 5.11. The van der Waals surface area contributed by atoms with Crippen LogP contribution in [0.1, 0.15) is 12.5 Å². The highest BCUT2D eigenvalue weighted by Gasteiger charge is 2.23. The Morgan fingerprint density at radius 2 is 2.06 bits per heavy atom. The molecule has 0 amide bonds. The molecule has 0 aliphatic carbocycles. The number of hydrogen-bond donors (Lipinski definition) is 1. The average Bonchev–Trinajstić information content (AvgIpc) is 2.22. The molecule has 2 unspecified atom stereocenters. The van der Waals surface area contributed by atoms with Crippen molar-refractivity contribution in [3.63, 3.8) is 0 Å². The SMILES string of the molecule is CC(C(N)Cc1cccc(F)c1Br)S(C)(=O)=O. The molecule has 0 radical (unpaired) electrons. The second-order valence-corrected chi connectivity index (χ2v) is 7.31. The van der Waals surface area contributed by atoms with E-state index in [1.54, 1.807) is 19.1 Å². The molecular weight excluding hydrogens is 309 g/mol. The van der Waals surface area contributed by atoms with Crippen LogP contribution in [0.3, 0.4) is 0 Å². The largest absolute Gasteiger partial charge is 0.326 e. The molecule has 0 bridgehead atoms. The standard InChI is InChI=1S/C11H15BrFNO2S/c1-7(17(2,15)16)10(14)6-8-4-3-5-9(13)11(8)12/h3-5,7,10H,6,14H2,1-2H3. The molecule has 1 rings (SSSR count). The van der Waals surface area contributed by atoms with Crippen molar-refractivity contribution in [2.45, 2.75) is 24.6 Å². The number of rotatable bonds is 4. The third kappa shape index (κ3) is 3.76. The van der Waals surface area contributed by atoms with Crippen LogP contribution in [-0.4, -0.2) is 26.0 Å². The Bertz CT molecular complexity index is 504. The summed E-state index contributed by atoms with van der Waals surface area (Å²) in [6, 6.07) is 4.08. The molecule has 0 spiro atoms. The third-order valence-electron chi connectivity index (χ3n) is 2.77. The zero-order chi connectivity index (χ0) is 13.2. The van der Waals surface area contributed by atoms with Gasteiger partial charge in [0.2, 0.25) is 0 Å². The number of hydrogen-bond acceptors (Lipinski definition) is 3. The fraction of sp³-hybridized carbons (Fsp3) is 0.455. The van der Waals surface area contributed by atoms with Gasteiger partial charge in [-0.2, -0.15) is 0 Å². The van der Waals surface area contributed by atoms with Gasteiger partial charge in [0.15, 0.2) is 9.84 Å². The van der Waals surface area contributed by atoms with Crippen LogP contribution in [0.4, 0.5) is 4.39 Å². The molecule has 0 saturated heterocycles. The fourth-order valence-electron chi connectivity index (χ4n) is 1.44. The van der Waals surface area contributed by atoms with Gasteiger partial charge >= 0.3 is 0 Å². The van der Waals surface area contributed by atoms with Gasteiger partial charge in [0.25, 0.3) is 0 Å². The molecule has 2 N–H and O–H groups in total. The summed E-state index contributed by atoms with van der Waals surface area (Å²) in [5.74, 6) is -0.373. The maximum atomic E-state index is 13.3. The number of benzene rings is 1. The lowest BCUT2D eigenvalue weighted by Gasteiger charge is -2.19. The highest BCUT2D eigenvalue weighted by atomic mass is 79.9. The fourth-order valence-corrected chi connectivity index (χ4v) is 2.60. The lowest BCUT2D eigenvalue weighted by molar-refractivity contribution is 0.560. The van der Waals surface area contributed by atoms with Crippen LogP contribution >= 0.6 is 15.9 Å². The summed E-state index contributed by atoms with van der Waals surface area (Å²) >= 11 is 3.13. The first-order chi connectivity index (χ1) is 7.73. The molecule has 0 fully saturated rings. The lowest BCUT2D eigenvalue weighted by atomic mass is 10.0. The molecule has 17 heavy (non-hydrogen) atoms. The van der Waals surface area contributed by atoms with Gasteiger partial charge in [-0.3, -0.25) is 0 Å². The predicted octanol–water partition coefficient (Wildman–Crippen LogP) is 1.89. The first kappa shape index (κ1) is 14.6. The monoisotopic (exact) mass is 323 g/mol. The van der Waals surface area contributed by atoms with Gasteiger partial charge in [0, 0.05) is 12.3 Å². The van der Waals surface area contributed by atoms with Gasteiger partial charge in [-0.15, -0.1) is 0 Å². The van der Waals surface area contributed by atoms with Crippen molar-refractivity contribution in [2.75, 3.05) is 6.26 Å². The summed E-state index contributed by atoms with van der Waals surface area (Å²) in [6.45, 7) is 1.56. The van der Waals surface area contributed by atoms with Crippen molar-refractivity contribution in [2.24, 2.45) is 5.73 Å². The molecule has 0 aliphatic rings. The molecule has 0 aliphatic heterocycles. The normalized spacial score (nSPS) is 15.6. The van der Waals surface area contributed by atoms with Crippen LogP contribution in [0.15, 0.2) is 22.7 Å². The highest BCUT2D eigenvalue weighted by molar-refractivity contribution is 9.10. The molecule has 1 aromatic rings. The van der Waals surface area contributed by atoms with E-state index in [2.05, 4.69) is 15.9 Å². The van der Waals surface area contributed by atoms with Crippen LogP contribution < -0.4 is 5.73 Å². The van der Waals surface area contributed by atoms with Crippen LogP contribution in [0, 0.1) is 5.82 Å². The Hall–Kier alpha value is -0.460. The van der Waals surface area contributed by atoms with Crippen molar-refractivity contribution < 1.29 is 12.8 Å². The van der Waals surface area contributed by atoms with Crippen molar-refractivity contribution >= 4 is 25.8 Å². The Morgan fingerprint density at radius 1 is 1.47 bits per heavy atom. The van der Waals surface area contributed by atoms with Crippen LogP contribution in [0.5, 0.6) is 0 Å². The summed E-state index contributed by atoms with van der Waals surface area (Å²) in [4.78, 5) is 0. The smallest absolute Gasteiger partial charge is 0.151 e. The molecule has 0 aromatic heterocycles. The minimum Gasteiger partial charge on any atom is -0.326 e. The highest BCUT2D eigenvalue weighted by Crippen LogP contribution is 2.22. The molecule has 2 atom stereocenters. The van der Waals surface area contributed by atoms with E-state index >= 15 is 0 Å². The number of halogens is 2. The van der Waals surface area contributed by atoms with Crippen LogP contribution in [0.25, 0.3) is 0 Å². The molecule has 3 nitrogen and oxygen atoms in total. The van der Waals surface area contributed by atoms with Gasteiger partial charge in [0.05, 0.1) is 9.72 Å². The van der Waals surface area contributed by atoms with E-state index in [1.807, 2.05) is 0 Å². The van der Waals surface area contributed by atoms with E-state index in [9.17, 15) is 12.8 Å². The zero-order valence-electron chi connectivity index (χ0n) is 9.65. The molecule has 0 saturated carbocycles. The summed E-state index contributed by atoms with van der Waals surface area (Å²) in [7, 11) is -3.18. The third-order valence-corrected chi connectivity index (χ3v) is 5.35. The van der Waals surface area contributed by atoms with Gasteiger partial charge in [-0.1, -0.05) is 12.1 Å². The van der Waals surface area contributed by atoms with Crippen molar-refractivity contribution in [3.8, 4) is 0 Å². The van der Waals surface area contributed by atoms with Crippen molar-refractivity contribution in [1.82, 2.24) is 0 Å². The maximum Gasteiger partial charge on any atom is 0.151 e. The van der Waals surface area contributed by atoms with E-state index < -0.39 is 21.1 Å². The van der Waals surface area contributed by atoms with E-state index in [0.29, 0.717) is 16.5 Å². The number of sulfone groups is 1. The summed E-state index contributed by atoms with van der Waals surface area (Å²) in [5.41, 5.74) is 6.51. The van der Waals surface area contributed by atoms with Gasteiger partial charge < -0.3 is 5.73 Å². The van der Waals surface area contributed by atoms with E-state index in [4.69, 9.17) is 5.73 Å². The first-order valence-corrected chi connectivity index (χ1v) is 7.85. The van der Waals surface area contributed by atoms with Crippen molar-refractivity contribution in [1.29, 1.82) is 0 Å². The quantitative estimate of drug-likeness (QED) is 0.920. The Kier molecular flexibility index (Phi) is 4.69. The second kappa shape index (κ2) is 5.46. The lowest BCUT2D eigenvalue weighted by Crippen LogP contribution is -2.39. The minimum absolute atomic E-state index is 0.312. The molecule has 0 heterocycles. The minimum atomic E-state index is -3.18. The summed E-state index contributed by atoms with van der Waals surface area (Å²) in [6.07, 6.45) is 1.46. The topological polar surface area (TPSA) is 60.2 Å². The average molecular weight is 324 g/mol. The van der Waals surface area contributed by atoms with Gasteiger partial charge in [-0.05, 0) is 40.9 Å². The predicted molar refractivity (Wildman–Crippen MR) is 70.1 cm³/mol. The molecule has 96 valence electrons. The Balaban J connectivity index is 2.89. The Morgan fingerprint density at radius 3 is 2.59 bits per heavy atom. The Labute approximate surface area is 109 Å². The van der Waals surface area contributed by atoms with Crippen LogP contribution in [-0.2, 0) is 16.3 Å². The molecule has 1 aromatic carbocycles. The van der Waals surface area contributed by atoms with E-state index in [-0.39, 0.29) is 5.82 Å². The van der Waals surface area contributed by atoms with Gasteiger partial charge in [-0.25, -0.2) is 12.8 Å². The zero-order valence-corrected chi connectivity index (χ0v) is 12.1.